The van der Waals surface area contributed by atoms with Gasteiger partial charge >= 0.3 is 5.97 Å². The molecule has 0 saturated heterocycles. The molecule has 1 aromatic carbocycles. The van der Waals surface area contributed by atoms with Gasteiger partial charge in [-0.25, -0.2) is 4.98 Å². The third kappa shape index (κ3) is 14.1. The van der Waals surface area contributed by atoms with Gasteiger partial charge in [0, 0.05) is 49.4 Å². The molecule has 0 fully saturated rings. The number of Topliss-reactive ketones (excluding diaryl/α,β-unsaturated/α-hetero) is 1. The fourth-order valence-electron chi connectivity index (χ4n) is 6.97. The number of ketones is 1. The van der Waals surface area contributed by atoms with Crippen LogP contribution in [0, 0.1) is 29.6 Å². The van der Waals surface area contributed by atoms with Crippen LogP contribution in [-0.2, 0) is 25.5 Å². The van der Waals surface area contributed by atoms with Crippen molar-refractivity contribution < 1.29 is 34.1 Å². The summed E-state index contributed by atoms with van der Waals surface area (Å²) in [5.41, 5.74) is 1.07. The molecule has 0 aliphatic carbocycles. The maximum Gasteiger partial charge on any atom is 0.306 e. The zero-order valence-electron chi connectivity index (χ0n) is 34.4. The highest BCUT2D eigenvalue weighted by Crippen LogP contribution is 2.33. The van der Waals surface area contributed by atoms with Gasteiger partial charge in [-0.1, -0.05) is 87.3 Å². The van der Waals surface area contributed by atoms with Gasteiger partial charge in [0.05, 0.1) is 12.0 Å². The Morgan fingerprint density at radius 2 is 1.57 bits per heavy atom. The number of ether oxygens (including phenoxy) is 1. The fourth-order valence-corrected chi connectivity index (χ4v) is 7.83. The molecule has 0 saturated carbocycles. The SMILES string of the molecule is CCCO[C@H](C[C@H](C(C)C)N(CCC)C(=O)[C@@H](CC(=O)[C@@H](NC)[C@@H](C)CC)[C@@H](C)CC)c1nc(C(=O)N[C@@H](Cc2ccc(O)cc2)C[C@H](C)C(=O)O)cs1. The van der Waals surface area contributed by atoms with Gasteiger partial charge in [-0.3, -0.25) is 19.2 Å². The molecular weight excluding hydrogens is 705 g/mol. The smallest absolute Gasteiger partial charge is 0.306 e. The molecule has 4 N–H and O–H groups in total. The lowest BCUT2D eigenvalue weighted by molar-refractivity contribution is -0.144. The van der Waals surface area contributed by atoms with Crippen molar-refractivity contribution in [2.75, 3.05) is 20.2 Å². The second-order valence-electron chi connectivity index (χ2n) is 15.3. The van der Waals surface area contributed by atoms with Crippen molar-refractivity contribution in [1.29, 1.82) is 0 Å². The van der Waals surface area contributed by atoms with Gasteiger partial charge in [-0.15, -0.1) is 11.3 Å². The highest BCUT2D eigenvalue weighted by atomic mass is 32.1. The highest BCUT2D eigenvalue weighted by molar-refractivity contribution is 7.09. The first-order chi connectivity index (χ1) is 25.6. The summed E-state index contributed by atoms with van der Waals surface area (Å²) in [6, 6.07) is 5.64. The number of phenols is 1. The van der Waals surface area contributed by atoms with Crippen LogP contribution in [0.25, 0.3) is 0 Å². The average Bonchev–Trinajstić information content (AvgIpc) is 3.64. The molecule has 2 amide bonds. The molecule has 54 heavy (non-hydrogen) atoms. The van der Waals surface area contributed by atoms with E-state index in [2.05, 4.69) is 59.1 Å². The predicted octanol–water partition coefficient (Wildman–Crippen LogP) is 7.68. The molecule has 0 spiro atoms. The number of phenolic OH excluding ortho intramolecular Hbond substituents is 1. The molecule has 8 atom stereocenters. The molecule has 0 aliphatic heterocycles. The van der Waals surface area contributed by atoms with Gasteiger partial charge < -0.3 is 30.5 Å². The van der Waals surface area contributed by atoms with Crippen molar-refractivity contribution in [3.05, 3.63) is 45.9 Å². The molecular formula is C42H68N4O7S. The summed E-state index contributed by atoms with van der Waals surface area (Å²) >= 11 is 1.33. The summed E-state index contributed by atoms with van der Waals surface area (Å²) in [4.78, 5) is 60.4. The normalized spacial score (nSPS) is 16.1. The van der Waals surface area contributed by atoms with E-state index in [1.165, 1.54) is 11.3 Å². The van der Waals surface area contributed by atoms with Crippen LogP contribution >= 0.6 is 11.3 Å². The molecule has 1 heterocycles. The van der Waals surface area contributed by atoms with Gasteiger partial charge in [0.2, 0.25) is 5.91 Å². The number of carboxylic acids is 1. The quantitative estimate of drug-likeness (QED) is 0.0753. The lowest BCUT2D eigenvalue weighted by atomic mass is 9.82. The van der Waals surface area contributed by atoms with Gasteiger partial charge in [0.15, 0.2) is 5.78 Å². The monoisotopic (exact) mass is 772 g/mol. The summed E-state index contributed by atoms with van der Waals surface area (Å²) in [5.74, 6) is -2.03. The Morgan fingerprint density at radius 3 is 2.11 bits per heavy atom. The van der Waals surface area contributed by atoms with Crippen LogP contribution in [-0.4, -0.2) is 82.0 Å². The minimum atomic E-state index is -0.947. The molecule has 0 unspecified atom stereocenters. The fraction of sp³-hybridized carbons (Fsp3) is 0.690. The second kappa shape index (κ2) is 23.5. The van der Waals surface area contributed by atoms with E-state index in [1.807, 2.05) is 18.9 Å². The number of hydrogen-bond donors (Lipinski definition) is 4. The zero-order chi connectivity index (χ0) is 40.5. The number of benzene rings is 1. The lowest BCUT2D eigenvalue weighted by Crippen LogP contribution is -2.50. The van der Waals surface area contributed by atoms with Gasteiger partial charge in [0.1, 0.15) is 22.6 Å². The minimum Gasteiger partial charge on any atom is -0.508 e. The first-order valence-corrected chi connectivity index (χ1v) is 20.9. The Morgan fingerprint density at radius 1 is 0.926 bits per heavy atom. The molecule has 1 aromatic heterocycles. The van der Waals surface area contributed by atoms with E-state index in [4.69, 9.17) is 9.72 Å². The van der Waals surface area contributed by atoms with Crippen LogP contribution < -0.4 is 10.6 Å². The molecule has 12 heteroatoms. The molecule has 2 rings (SSSR count). The Bertz CT molecular complexity index is 1450. The Labute approximate surface area is 328 Å². The molecule has 2 aromatic rings. The number of thiazole rings is 1. The summed E-state index contributed by atoms with van der Waals surface area (Å²) in [6.07, 6.45) is 3.97. The molecule has 0 aliphatic rings. The average molecular weight is 773 g/mol. The van der Waals surface area contributed by atoms with Crippen LogP contribution in [0.15, 0.2) is 29.6 Å². The summed E-state index contributed by atoms with van der Waals surface area (Å²) < 4.78 is 6.42. The van der Waals surface area contributed by atoms with Crippen LogP contribution in [0.5, 0.6) is 5.75 Å². The van der Waals surface area contributed by atoms with Crippen molar-refractivity contribution in [1.82, 2.24) is 20.5 Å². The number of amides is 2. The number of carbonyl (C=O) groups is 4. The van der Waals surface area contributed by atoms with E-state index in [1.54, 1.807) is 36.6 Å². The van der Waals surface area contributed by atoms with Gasteiger partial charge in [0.25, 0.3) is 5.91 Å². The maximum atomic E-state index is 14.7. The number of aromatic hydroxyl groups is 1. The lowest BCUT2D eigenvalue weighted by Gasteiger charge is -2.39. The van der Waals surface area contributed by atoms with Crippen LogP contribution in [0.4, 0.5) is 0 Å². The van der Waals surface area contributed by atoms with Crippen molar-refractivity contribution in [3.63, 3.8) is 0 Å². The van der Waals surface area contributed by atoms with Crippen LogP contribution in [0.1, 0.15) is 134 Å². The largest absolute Gasteiger partial charge is 0.508 e. The number of aliphatic carboxylic acids is 1. The Hall–Kier alpha value is -3.35. The number of nitrogens with zero attached hydrogens (tertiary/aromatic N) is 2. The number of carbonyl (C=O) groups excluding carboxylic acids is 3. The van der Waals surface area contributed by atoms with E-state index in [0.29, 0.717) is 31.0 Å². The summed E-state index contributed by atoms with van der Waals surface area (Å²) in [5, 5.41) is 27.9. The summed E-state index contributed by atoms with van der Waals surface area (Å²) in [7, 11) is 1.81. The number of hydrogen-bond acceptors (Lipinski definition) is 9. The first kappa shape index (κ1) is 46.8. The maximum absolute atomic E-state index is 14.7. The Balaban J connectivity index is 2.41. The number of nitrogens with one attached hydrogen (secondary N) is 2. The van der Waals surface area contributed by atoms with Crippen LogP contribution in [0.3, 0.4) is 0 Å². The van der Waals surface area contributed by atoms with Gasteiger partial charge in [-0.05, 0) is 68.2 Å². The van der Waals surface area contributed by atoms with Crippen molar-refractivity contribution in [2.45, 2.75) is 138 Å². The molecule has 11 nitrogen and oxygen atoms in total. The Kier molecular flexibility index (Phi) is 20.4. The van der Waals surface area contributed by atoms with E-state index in [9.17, 15) is 29.4 Å². The van der Waals surface area contributed by atoms with E-state index in [-0.39, 0.29) is 65.8 Å². The number of rotatable bonds is 26. The number of carboxylic acid groups (broad SMARTS) is 1. The third-order valence-corrected chi connectivity index (χ3v) is 11.6. The molecule has 0 bridgehead atoms. The predicted molar refractivity (Wildman–Crippen MR) is 216 cm³/mol. The van der Waals surface area contributed by atoms with Crippen molar-refractivity contribution >= 4 is 34.9 Å². The van der Waals surface area contributed by atoms with E-state index < -0.39 is 35.9 Å². The molecule has 0 radical (unpaired) electrons. The number of likely N-dealkylation sites (N-methyl/N-ethyl adjacent to an activating group) is 1. The van der Waals surface area contributed by atoms with Crippen molar-refractivity contribution in [3.8, 4) is 5.75 Å². The van der Waals surface area contributed by atoms with E-state index >= 15 is 0 Å². The third-order valence-electron chi connectivity index (χ3n) is 10.7. The standard InChI is InChI=1S/C42H68N4O7S/c1-11-19-46(41(50)33(27(7)13-3)23-36(48)38(43-10)28(8)14-4)35(26(5)6)24-37(53-20-12-2)40-45-34(25-54-40)39(49)44-31(21-29(9)42(51)52)22-30-15-17-32(47)18-16-30/h15-18,25-29,31,33,35,37-38,43,47H,11-14,19-24H2,1-10H3,(H,44,49)(H,51,52)/t27-,28-,29-,31+,33-,35+,37+,38-/m0/s1. The zero-order valence-corrected chi connectivity index (χ0v) is 35.2. The minimum absolute atomic E-state index is 0.000890. The highest BCUT2D eigenvalue weighted by Gasteiger charge is 2.38. The summed E-state index contributed by atoms with van der Waals surface area (Å²) in [6.45, 7) is 19.2. The van der Waals surface area contributed by atoms with E-state index in [0.717, 1.165) is 31.2 Å². The number of aromatic nitrogens is 1. The van der Waals surface area contributed by atoms with Crippen LogP contribution in [0.2, 0.25) is 0 Å². The van der Waals surface area contributed by atoms with Crippen molar-refractivity contribution in [2.24, 2.45) is 29.6 Å². The van der Waals surface area contributed by atoms with Gasteiger partial charge in [-0.2, -0.15) is 0 Å². The topological polar surface area (TPSA) is 158 Å². The second-order valence-corrected chi connectivity index (χ2v) is 16.2. The first-order valence-electron chi connectivity index (χ1n) is 20.0. The molecule has 304 valence electrons.